The van der Waals surface area contributed by atoms with Crippen molar-refractivity contribution in [2.24, 2.45) is 0 Å². The van der Waals surface area contributed by atoms with E-state index in [4.69, 9.17) is 4.74 Å². The van der Waals surface area contributed by atoms with Crippen LogP contribution in [0.25, 0.3) is 0 Å². The van der Waals surface area contributed by atoms with Crippen molar-refractivity contribution in [3.8, 4) is 5.75 Å². The number of imide groups is 1. The van der Waals surface area contributed by atoms with Crippen LogP contribution in [0, 0.1) is 0 Å². The van der Waals surface area contributed by atoms with Gasteiger partial charge in [-0.3, -0.25) is 19.2 Å². The van der Waals surface area contributed by atoms with Crippen LogP contribution in [-0.2, 0) is 27.7 Å². The van der Waals surface area contributed by atoms with Gasteiger partial charge >= 0.3 is 11.3 Å². The summed E-state index contributed by atoms with van der Waals surface area (Å²) < 4.78 is 35.7. The summed E-state index contributed by atoms with van der Waals surface area (Å²) in [7, 11) is -2.58. The van der Waals surface area contributed by atoms with E-state index in [0.717, 1.165) is 4.90 Å². The Morgan fingerprint density at radius 1 is 1.33 bits per heavy atom. The van der Waals surface area contributed by atoms with Crippen molar-refractivity contribution in [1.29, 1.82) is 0 Å². The zero-order valence-electron chi connectivity index (χ0n) is 16.4. The number of benzene rings is 1. The van der Waals surface area contributed by atoms with Gasteiger partial charge in [0.1, 0.15) is 12.4 Å². The summed E-state index contributed by atoms with van der Waals surface area (Å²) in [5.41, 5.74) is 1.10. The van der Waals surface area contributed by atoms with Crippen molar-refractivity contribution in [3.63, 3.8) is 0 Å². The molecule has 2 aliphatic heterocycles. The number of nitrogens with one attached hydrogen (secondary N) is 3. The highest BCUT2D eigenvalue weighted by molar-refractivity contribution is 8.13. The molecule has 0 bridgehead atoms. The Morgan fingerprint density at radius 2 is 2.10 bits per heavy atom. The third kappa shape index (κ3) is 4.77. The molecule has 0 saturated carbocycles. The molecule has 0 spiro atoms. The molecule has 10 nitrogen and oxygen atoms in total. The van der Waals surface area contributed by atoms with Crippen LogP contribution >= 0.6 is 11.9 Å². The van der Waals surface area contributed by atoms with E-state index in [2.05, 4.69) is 10.0 Å². The molecule has 1 aromatic rings. The Kier molecular flexibility index (Phi) is 6.68. The minimum absolute atomic E-state index is 0.0108. The maximum Gasteiger partial charge on any atom is 0.324 e. The van der Waals surface area contributed by atoms with E-state index in [1.54, 1.807) is 19.1 Å². The number of carbonyl (C=O) groups is 3. The molecule has 0 aliphatic carbocycles. The lowest BCUT2D eigenvalue weighted by molar-refractivity contribution is -0.122. The molecule has 0 aromatic heterocycles. The fourth-order valence-corrected chi connectivity index (χ4v) is 5.08. The van der Waals surface area contributed by atoms with Crippen LogP contribution in [0.4, 0.5) is 9.59 Å². The van der Waals surface area contributed by atoms with Crippen molar-refractivity contribution >= 4 is 39.1 Å². The van der Waals surface area contributed by atoms with Crippen molar-refractivity contribution in [2.45, 2.75) is 30.7 Å². The van der Waals surface area contributed by atoms with E-state index < -0.39 is 27.3 Å². The predicted molar refractivity (Wildman–Crippen MR) is 111 cm³/mol. The van der Waals surface area contributed by atoms with Crippen molar-refractivity contribution in [3.05, 3.63) is 35.4 Å². The predicted octanol–water partition coefficient (Wildman–Crippen LogP) is 0.926. The molecule has 12 heteroatoms. The smallest absolute Gasteiger partial charge is 0.324 e. The molecule has 0 saturated heterocycles. The number of sulfonamides is 1. The number of rotatable bonds is 5. The molecule has 30 heavy (non-hydrogen) atoms. The van der Waals surface area contributed by atoms with Gasteiger partial charge in [-0.25, -0.2) is 17.9 Å². The molecule has 3 rings (SSSR count). The zero-order valence-corrected chi connectivity index (χ0v) is 18.1. The van der Waals surface area contributed by atoms with Crippen LogP contribution in [0.5, 0.6) is 5.75 Å². The molecule has 1 unspecified atom stereocenters. The third-order valence-electron chi connectivity index (χ3n) is 4.62. The molecule has 1 atom stereocenters. The average molecular weight is 455 g/mol. The standard InChI is InChI=1S/C18H22N4O6S2/c1-3-11-8-14-12(9-15(11)30(26,27)21-18(25)29-19-2)7-13(10-28-14)20-17(24)22-6-4-5-16(22)23/h4-5,8-9,13,19H,3,6-7,10H2,1-2H3,(H,20,24)(H,21,25). The second-order valence-corrected chi connectivity index (χ2v) is 9.27. The highest BCUT2D eigenvalue weighted by atomic mass is 32.2. The van der Waals surface area contributed by atoms with Crippen molar-refractivity contribution in [1.82, 2.24) is 19.7 Å². The first kappa shape index (κ1) is 22.1. The summed E-state index contributed by atoms with van der Waals surface area (Å²) in [6, 6.07) is 2.15. The van der Waals surface area contributed by atoms with Crippen LogP contribution < -0.4 is 19.5 Å². The number of carbonyl (C=O) groups excluding carboxylic acids is 3. The fraction of sp³-hybridized carbons (Fsp3) is 0.389. The van der Waals surface area contributed by atoms with E-state index in [-0.39, 0.29) is 24.0 Å². The van der Waals surface area contributed by atoms with Gasteiger partial charge in [-0.2, -0.15) is 0 Å². The zero-order chi connectivity index (χ0) is 21.9. The molecule has 0 fully saturated rings. The Hall–Kier alpha value is -2.57. The summed E-state index contributed by atoms with van der Waals surface area (Å²) in [4.78, 5) is 36.8. The number of amides is 4. The average Bonchev–Trinajstić information content (AvgIpc) is 3.12. The number of hydrogen-bond donors (Lipinski definition) is 3. The van der Waals surface area contributed by atoms with E-state index in [9.17, 15) is 22.8 Å². The normalized spacial score (nSPS) is 18.0. The SMILES string of the molecule is CCc1cc2c(cc1S(=O)(=O)NC(=O)SNC)CC(NC(=O)N1CC=CC1=O)CO2. The van der Waals surface area contributed by atoms with Crippen LogP contribution in [0.3, 0.4) is 0 Å². The quantitative estimate of drug-likeness (QED) is 0.560. The molecular weight excluding hydrogens is 432 g/mol. The molecule has 4 amide bonds. The lowest BCUT2D eigenvalue weighted by Crippen LogP contribution is -2.49. The monoisotopic (exact) mass is 454 g/mol. The number of hydrogen-bond acceptors (Lipinski definition) is 8. The van der Waals surface area contributed by atoms with Gasteiger partial charge in [-0.05, 0) is 43.1 Å². The topological polar surface area (TPSA) is 134 Å². The van der Waals surface area contributed by atoms with Gasteiger partial charge in [0.15, 0.2) is 0 Å². The highest BCUT2D eigenvalue weighted by Crippen LogP contribution is 2.31. The molecule has 2 aliphatic rings. The van der Waals surface area contributed by atoms with Gasteiger partial charge < -0.3 is 10.1 Å². The lowest BCUT2D eigenvalue weighted by Gasteiger charge is -2.28. The first-order chi connectivity index (χ1) is 14.2. The Bertz CT molecular complexity index is 1010. The molecule has 3 N–H and O–H groups in total. The molecule has 0 radical (unpaired) electrons. The van der Waals surface area contributed by atoms with Crippen LogP contribution in [0.15, 0.2) is 29.2 Å². The van der Waals surface area contributed by atoms with E-state index in [1.807, 2.05) is 4.72 Å². The summed E-state index contributed by atoms with van der Waals surface area (Å²) in [5, 5.41) is 1.99. The fourth-order valence-electron chi connectivity index (χ4n) is 3.22. The first-order valence-corrected chi connectivity index (χ1v) is 11.5. The summed E-state index contributed by atoms with van der Waals surface area (Å²) in [5.74, 6) is 0.145. The Labute approximate surface area is 178 Å². The van der Waals surface area contributed by atoms with E-state index in [1.165, 1.54) is 19.2 Å². The van der Waals surface area contributed by atoms with Crippen molar-refractivity contribution < 1.29 is 27.5 Å². The maximum atomic E-state index is 12.7. The molecular formula is C18H22N4O6S2. The largest absolute Gasteiger partial charge is 0.491 e. The number of urea groups is 1. The number of ether oxygens (including phenoxy) is 1. The number of nitrogens with zero attached hydrogens (tertiary/aromatic N) is 1. The lowest BCUT2D eigenvalue weighted by atomic mass is 10.00. The number of aryl methyl sites for hydroxylation is 1. The molecule has 2 heterocycles. The minimum atomic E-state index is -4.08. The summed E-state index contributed by atoms with van der Waals surface area (Å²) in [6.07, 6.45) is 3.67. The Balaban J connectivity index is 1.80. The second kappa shape index (κ2) is 9.06. The van der Waals surface area contributed by atoms with Gasteiger partial charge in [0.05, 0.1) is 10.9 Å². The first-order valence-electron chi connectivity index (χ1n) is 9.22. The van der Waals surface area contributed by atoms with Crippen molar-refractivity contribution in [2.75, 3.05) is 20.2 Å². The Morgan fingerprint density at radius 3 is 2.73 bits per heavy atom. The van der Waals surface area contributed by atoms with Gasteiger partial charge in [0.2, 0.25) is 0 Å². The third-order valence-corrected chi connectivity index (χ3v) is 6.65. The van der Waals surface area contributed by atoms with Crippen LogP contribution in [-0.4, -0.2) is 56.7 Å². The van der Waals surface area contributed by atoms with Crippen LogP contribution in [0.1, 0.15) is 18.1 Å². The van der Waals surface area contributed by atoms with Gasteiger partial charge in [-0.1, -0.05) is 13.0 Å². The van der Waals surface area contributed by atoms with Crippen LogP contribution in [0.2, 0.25) is 0 Å². The highest BCUT2D eigenvalue weighted by Gasteiger charge is 2.29. The molecule has 1 aromatic carbocycles. The van der Waals surface area contributed by atoms with E-state index >= 15 is 0 Å². The number of fused-ring (bicyclic) bond motifs is 1. The summed E-state index contributed by atoms with van der Waals surface area (Å²) >= 11 is 0.626. The minimum Gasteiger partial charge on any atom is -0.491 e. The summed E-state index contributed by atoms with van der Waals surface area (Å²) in [6.45, 7) is 2.21. The van der Waals surface area contributed by atoms with Gasteiger partial charge in [0.25, 0.3) is 15.9 Å². The second-order valence-electron chi connectivity index (χ2n) is 6.63. The van der Waals surface area contributed by atoms with Gasteiger partial charge in [0, 0.05) is 24.6 Å². The molecule has 162 valence electrons. The van der Waals surface area contributed by atoms with E-state index in [0.29, 0.717) is 41.7 Å². The van der Waals surface area contributed by atoms with Gasteiger partial charge in [-0.15, -0.1) is 0 Å². The maximum absolute atomic E-state index is 12.7.